The van der Waals surface area contributed by atoms with Crippen molar-refractivity contribution in [2.75, 3.05) is 13.1 Å². The van der Waals surface area contributed by atoms with E-state index in [4.69, 9.17) is 0 Å². The van der Waals surface area contributed by atoms with E-state index in [0.29, 0.717) is 5.92 Å². The van der Waals surface area contributed by atoms with Gasteiger partial charge in [-0.3, -0.25) is 9.69 Å². The summed E-state index contributed by atoms with van der Waals surface area (Å²) in [5.41, 5.74) is 2.00. The van der Waals surface area contributed by atoms with Gasteiger partial charge in [0.2, 0.25) is 0 Å². The van der Waals surface area contributed by atoms with Crippen LogP contribution >= 0.6 is 0 Å². The lowest BCUT2D eigenvalue weighted by molar-refractivity contribution is -0.149. The molecule has 1 aliphatic rings. The van der Waals surface area contributed by atoms with Crippen LogP contribution < -0.4 is 0 Å². The number of carboxylic acids is 1. The number of nitrogens with zero attached hydrogens (tertiary/aromatic N) is 1. The molecule has 3 heteroatoms. The van der Waals surface area contributed by atoms with Gasteiger partial charge >= 0.3 is 5.97 Å². The molecule has 1 aromatic carbocycles. The summed E-state index contributed by atoms with van der Waals surface area (Å²) in [6.07, 6.45) is 1.07. The zero-order valence-electron chi connectivity index (χ0n) is 11.3. The van der Waals surface area contributed by atoms with Gasteiger partial charge in [0.05, 0.1) is 0 Å². The number of aliphatic carboxylic acids is 1. The topological polar surface area (TPSA) is 40.5 Å². The lowest BCUT2D eigenvalue weighted by Crippen LogP contribution is -2.52. The Balaban J connectivity index is 2.08. The Kier molecular flexibility index (Phi) is 3.44. The van der Waals surface area contributed by atoms with E-state index >= 15 is 0 Å². The largest absolute Gasteiger partial charge is 0.480 e. The molecule has 1 aliphatic carbocycles. The zero-order chi connectivity index (χ0) is 13.3. The average Bonchev–Trinajstić information content (AvgIpc) is 2.30. The molecule has 1 unspecified atom stereocenters. The molecule has 3 nitrogen and oxygen atoms in total. The molecule has 98 valence electrons. The molecule has 0 aliphatic heterocycles. The van der Waals surface area contributed by atoms with Crippen LogP contribution in [-0.2, 0) is 11.2 Å². The van der Waals surface area contributed by atoms with Crippen molar-refractivity contribution in [3.63, 3.8) is 0 Å². The molecule has 0 amide bonds. The highest BCUT2D eigenvalue weighted by atomic mass is 16.4. The third-order valence-corrected chi connectivity index (χ3v) is 4.10. The van der Waals surface area contributed by atoms with Gasteiger partial charge in [-0.05, 0) is 37.9 Å². The smallest absolute Gasteiger partial charge is 0.323 e. The van der Waals surface area contributed by atoms with Crippen LogP contribution in [0.5, 0.6) is 0 Å². The molecule has 0 aromatic heterocycles. The summed E-state index contributed by atoms with van der Waals surface area (Å²) in [6, 6.07) is 8.44. The SMILES string of the molecule is CCN(CC1Cc2ccccc21)C(C)(C)C(=O)O. The second-order valence-electron chi connectivity index (χ2n) is 5.50. The third-order valence-electron chi connectivity index (χ3n) is 4.10. The van der Waals surface area contributed by atoms with Crippen molar-refractivity contribution in [1.82, 2.24) is 4.90 Å². The van der Waals surface area contributed by atoms with Crippen LogP contribution in [-0.4, -0.2) is 34.6 Å². The van der Waals surface area contributed by atoms with Crippen molar-refractivity contribution >= 4 is 5.97 Å². The molecule has 1 aromatic rings. The Morgan fingerprint density at radius 1 is 1.44 bits per heavy atom. The molecule has 0 saturated carbocycles. The van der Waals surface area contributed by atoms with E-state index in [9.17, 15) is 9.90 Å². The number of hydrogen-bond acceptors (Lipinski definition) is 2. The summed E-state index contributed by atoms with van der Waals surface area (Å²) in [7, 11) is 0. The van der Waals surface area contributed by atoms with Gasteiger partial charge in [0.15, 0.2) is 0 Å². The fourth-order valence-corrected chi connectivity index (χ4v) is 2.68. The van der Waals surface area contributed by atoms with Crippen LogP contribution in [0.2, 0.25) is 0 Å². The molecule has 0 spiro atoms. The summed E-state index contributed by atoms with van der Waals surface area (Å²) in [6.45, 7) is 7.17. The molecular weight excluding hydrogens is 226 g/mol. The second kappa shape index (κ2) is 4.73. The highest BCUT2D eigenvalue weighted by Gasteiger charge is 2.37. The van der Waals surface area contributed by atoms with E-state index in [2.05, 4.69) is 29.2 Å². The highest BCUT2D eigenvalue weighted by molar-refractivity contribution is 5.77. The maximum Gasteiger partial charge on any atom is 0.323 e. The van der Waals surface area contributed by atoms with Crippen molar-refractivity contribution < 1.29 is 9.90 Å². The number of benzene rings is 1. The first-order valence-electron chi connectivity index (χ1n) is 6.53. The molecule has 0 bridgehead atoms. The van der Waals surface area contributed by atoms with Gasteiger partial charge in [0.25, 0.3) is 0 Å². The Morgan fingerprint density at radius 2 is 2.11 bits per heavy atom. The zero-order valence-corrected chi connectivity index (χ0v) is 11.3. The van der Waals surface area contributed by atoms with Crippen molar-refractivity contribution in [3.05, 3.63) is 35.4 Å². The van der Waals surface area contributed by atoms with Gasteiger partial charge in [0.1, 0.15) is 5.54 Å². The molecular formula is C15H21NO2. The predicted octanol–water partition coefficient (Wildman–Crippen LogP) is 2.51. The molecule has 18 heavy (non-hydrogen) atoms. The van der Waals surface area contributed by atoms with E-state index in [1.165, 1.54) is 11.1 Å². The first-order chi connectivity index (χ1) is 8.46. The highest BCUT2D eigenvalue weighted by Crippen LogP contribution is 2.36. The average molecular weight is 247 g/mol. The van der Waals surface area contributed by atoms with Gasteiger partial charge in [-0.1, -0.05) is 31.2 Å². The number of hydrogen-bond donors (Lipinski definition) is 1. The Labute approximate surface area is 108 Å². The van der Waals surface area contributed by atoms with Crippen LogP contribution in [0.25, 0.3) is 0 Å². The van der Waals surface area contributed by atoms with Crippen molar-refractivity contribution in [2.45, 2.75) is 38.6 Å². The van der Waals surface area contributed by atoms with E-state index in [-0.39, 0.29) is 0 Å². The van der Waals surface area contributed by atoms with Gasteiger partial charge in [-0.15, -0.1) is 0 Å². The Morgan fingerprint density at radius 3 is 2.67 bits per heavy atom. The lowest BCUT2D eigenvalue weighted by atomic mass is 9.77. The maximum atomic E-state index is 11.3. The Bertz CT molecular complexity index is 454. The quantitative estimate of drug-likeness (QED) is 0.869. The summed E-state index contributed by atoms with van der Waals surface area (Å²) >= 11 is 0. The van der Waals surface area contributed by atoms with E-state index < -0.39 is 11.5 Å². The minimum atomic E-state index is -0.792. The third kappa shape index (κ3) is 2.15. The summed E-state index contributed by atoms with van der Waals surface area (Å²) in [4.78, 5) is 13.4. The first-order valence-corrected chi connectivity index (χ1v) is 6.53. The van der Waals surface area contributed by atoms with Crippen molar-refractivity contribution in [3.8, 4) is 0 Å². The van der Waals surface area contributed by atoms with Crippen molar-refractivity contribution in [1.29, 1.82) is 0 Å². The molecule has 0 heterocycles. The molecule has 0 radical (unpaired) electrons. The number of likely N-dealkylation sites (N-methyl/N-ethyl adjacent to an activating group) is 1. The molecule has 0 fully saturated rings. The Hall–Kier alpha value is -1.35. The number of carbonyl (C=O) groups is 1. The summed E-state index contributed by atoms with van der Waals surface area (Å²) in [5, 5.41) is 9.30. The normalized spacial score (nSPS) is 18.3. The summed E-state index contributed by atoms with van der Waals surface area (Å²) < 4.78 is 0. The van der Waals surface area contributed by atoms with Crippen LogP contribution in [0.1, 0.15) is 37.8 Å². The van der Waals surface area contributed by atoms with Crippen LogP contribution in [0.3, 0.4) is 0 Å². The molecule has 0 saturated heterocycles. The number of fused-ring (bicyclic) bond motifs is 1. The standard InChI is InChI=1S/C15H21NO2/c1-4-16(15(2,3)14(17)18)10-12-9-11-7-5-6-8-13(11)12/h5-8,12H,4,9-10H2,1-3H3,(H,17,18). The monoisotopic (exact) mass is 247 g/mol. The van der Waals surface area contributed by atoms with Gasteiger partial charge < -0.3 is 5.11 Å². The summed E-state index contributed by atoms with van der Waals surface area (Å²) in [5.74, 6) is -0.267. The van der Waals surface area contributed by atoms with Crippen LogP contribution in [0, 0.1) is 0 Å². The minimum Gasteiger partial charge on any atom is -0.480 e. The molecule has 2 rings (SSSR count). The first kappa shape index (κ1) is 13.1. The maximum absolute atomic E-state index is 11.3. The van der Waals surface area contributed by atoms with Gasteiger partial charge in [-0.2, -0.15) is 0 Å². The van der Waals surface area contributed by atoms with Crippen LogP contribution in [0.15, 0.2) is 24.3 Å². The molecule has 1 N–H and O–H groups in total. The van der Waals surface area contributed by atoms with Crippen molar-refractivity contribution in [2.24, 2.45) is 0 Å². The van der Waals surface area contributed by atoms with E-state index in [1.807, 2.05) is 6.92 Å². The fraction of sp³-hybridized carbons (Fsp3) is 0.533. The lowest BCUT2D eigenvalue weighted by Gasteiger charge is -2.40. The van der Waals surface area contributed by atoms with E-state index in [1.54, 1.807) is 13.8 Å². The minimum absolute atomic E-state index is 0.486. The van der Waals surface area contributed by atoms with Gasteiger partial charge in [-0.25, -0.2) is 0 Å². The predicted molar refractivity (Wildman–Crippen MR) is 71.8 cm³/mol. The van der Waals surface area contributed by atoms with E-state index in [0.717, 1.165) is 19.5 Å². The number of carboxylic acid groups (broad SMARTS) is 1. The molecule has 1 atom stereocenters. The fourth-order valence-electron chi connectivity index (χ4n) is 2.68. The number of rotatable bonds is 5. The second-order valence-corrected chi connectivity index (χ2v) is 5.50. The van der Waals surface area contributed by atoms with Gasteiger partial charge in [0, 0.05) is 12.5 Å². The van der Waals surface area contributed by atoms with Crippen LogP contribution in [0.4, 0.5) is 0 Å².